The molecule has 1 fully saturated rings. The summed E-state index contributed by atoms with van der Waals surface area (Å²) in [6.07, 6.45) is -2.81. The number of hydrogen-bond acceptors (Lipinski definition) is 5. The highest BCUT2D eigenvalue weighted by atomic mass is 32.2. The Morgan fingerprint density at radius 1 is 1.32 bits per heavy atom. The van der Waals surface area contributed by atoms with E-state index in [1.807, 2.05) is 0 Å². The lowest BCUT2D eigenvalue weighted by molar-refractivity contribution is -0.164. The van der Waals surface area contributed by atoms with E-state index in [0.29, 0.717) is 5.56 Å². The molecule has 3 rings (SSSR count). The molecule has 1 aliphatic rings. The van der Waals surface area contributed by atoms with Crippen LogP contribution in [0.25, 0.3) is 11.4 Å². The summed E-state index contributed by atoms with van der Waals surface area (Å²) in [6, 6.07) is 4.97. The molecule has 0 unspecified atom stereocenters. The average Bonchev–Trinajstić information content (AvgIpc) is 3.41. The van der Waals surface area contributed by atoms with E-state index in [4.69, 9.17) is 5.84 Å². The number of nitrogens with zero attached hydrogens (tertiary/aromatic N) is 4. The Labute approximate surface area is 163 Å². The largest absolute Gasteiger partial charge is 0.406 e. The summed E-state index contributed by atoms with van der Waals surface area (Å²) < 4.78 is 52.8. The Bertz CT molecular complexity index is 835. The second-order valence-electron chi connectivity index (χ2n) is 6.69. The fourth-order valence-corrected chi connectivity index (χ4v) is 3.61. The van der Waals surface area contributed by atoms with Gasteiger partial charge in [0.2, 0.25) is 11.1 Å². The molecule has 0 aliphatic heterocycles. The number of halogens is 4. The van der Waals surface area contributed by atoms with Crippen molar-refractivity contribution in [1.82, 2.24) is 19.8 Å². The summed E-state index contributed by atoms with van der Waals surface area (Å²) in [4.78, 5) is 13.3. The van der Waals surface area contributed by atoms with Crippen LogP contribution in [0.5, 0.6) is 0 Å². The predicted molar refractivity (Wildman–Crippen MR) is 96.2 cm³/mol. The van der Waals surface area contributed by atoms with E-state index in [2.05, 4.69) is 10.2 Å². The number of benzene rings is 1. The first kappa shape index (κ1) is 20.4. The SMILES string of the molecule is C[C@H](C1CC1)N(CC(F)(F)F)C(=O)CSc1nnc(-c2ccc(F)cc2)n1N. The summed E-state index contributed by atoms with van der Waals surface area (Å²) in [6.45, 7) is 0.365. The Balaban J connectivity index is 1.68. The van der Waals surface area contributed by atoms with E-state index in [1.165, 1.54) is 24.3 Å². The second kappa shape index (κ2) is 7.98. The zero-order valence-corrected chi connectivity index (χ0v) is 15.8. The summed E-state index contributed by atoms with van der Waals surface area (Å²) in [5.41, 5.74) is 0.524. The number of nitrogens with two attached hydrogens (primary N) is 1. The molecule has 1 atom stereocenters. The van der Waals surface area contributed by atoms with Crippen LogP contribution in [-0.2, 0) is 4.79 Å². The summed E-state index contributed by atoms with van der Waals surface area (Å²) >= 11 is 0.909. The number of carbonyl (C=O) groups excluding carboxylic acids is 1. The first-order valence-electron chi connectivity index (χ1n) is 8.61. The van der Waals surface area contributed by atoms with Gasteiger partial charge in [-0.1, -0.05) is 11.8 Å². The van der Waals surface area contributed by atoms with Crippen LogP contribution in [0.1, 0.15) is 19.8 Å². The number of aromatic nitrogens is 3. The molecule has 0 bridgehead atoms. The lowest BCUT2D eigenvalue weighted by atomic mass is 10.2. The van der Waals surface area contributed by atoms with Gasteiger partial charge in [0.15, 0.2) is 5.82 Å². The van der Waals surface area contributed by atoms with E-state index in [1.54, 1.807) is 6.92 Å². The molecule has 2 N–H and O–H groups in total. The monoisotopic (exact) mass is 417 g/mol. The van der Waals surface area contributed by atoms with Crippen LogP contribution >= 0.6 is 11.8 Å². The molecular formula is C17H19F4N5OS. The quantitative estimate of drug-likeness (QED) is 0.426. The molecule has 11 heteroatoms. The molecule has 152 valence electrons. The molecule has 0 spiro atoms. The Hall–Kier alpha value is -2.30. The highest BCUT2D eigenvalue weighted by molar-refractivity contribution is 7.99. The number of thioether (sulfide) groups is 1. The first-order chi connectivity index (χ1) is 13.2. The molecule has 28 heavy (non-hydrogen) atoms. The molecule has 1 saturated carbocycles. The minimum absolute atomic E-state index is 0.111. The maximum Gasteiger partial charge on any atom is 0.406 e. The standard InChI is InChI=1S/C17H19F4N5OS/c1-10(11-2-3-11)25(9-17(19,20)21)14(27)8-28-16-24-23-15(26(16)22)12-4-6-13(18)7-5-12/h4-7,10-11H,2-3,8-9,22H2,1H3/t10-/m1/s1. The van der Waals surface area contributed by atoms with Crippen LogP contribution in [0, 0.1) is 11.7 Å². The second-order valence-corrected chi connectivity index (χ2v) is 7.63. The van der Waals surface area contributed by atoms with Gasteiger partial charge < -0.3 is 10.7 Å². The van der Waals surface area contributed by atoms with E-state index in [9.17, 15) is 22.4 Å². The van der Waals surface area contributed by atoms with Gasteiger partial charge in [-0.25, -0.2) is 9.07 Å². The van der Waals surface area contributed by atoms with Crippen molar-refractivity contribution in [3.05, 3.63) is 30.1 Å². The predicted octanol–water partition coefficient (Wildman–Crippen LogP) is 3.08. The zero-order chi connectivity index (χ0) is 20.5. The van der Waals surface area contributed by atoms with Crippen LogP contribution in [0.3, 0.4) is 0 Å². The van der Waals surface area contributed by atoms with Crippen molar-refractivity contribution in [2.45, 2.75) is 37.1 Å². The van der Waals surface area contributed by atoms with Crippen molar-refractivity contribution in [2.24, 2.45) is 5.92 Å². The number of rotatable bonds is 7. The molecule has 0 radical (unpaired) electrons. The third-order valence-corrected chi connectivity index (χ3v) is 5.49. The summed E-state index contributed by atoms with van der Waals surface area (Å²) in [5, 5.41) is 7.97. The smallest absolute Gasteiger partial charge is 0.335 e. The lowest BCUT2D eigenvalue weighted by Gasteiger charge is -2.30. The Morgan fingerprint density at radius 2 is 1.96 bits per heavy atom. The molecule has 0 saturated heterocycles. The number of hydrogen-bond donors (Lipinski definition) is 1. The van der Waals surface area contributed by atoms with Crippen molar-refractivity contribution in [3.63, 3.8) is 0 Å². The van der Waals surface area contributed by atoms with Crippen LogP contribution in [0.4, 0.5) is 17.6 Å². The van der Waals surface area contributed by atoms with Crippen LogP contribution in [0.2, 0.25) is 0 Å². The van der Waals surface area contributed by atoms with E-state index in [-0.39, 0.29) is 22.7 Å². The van der Waals surface area contributed by atoms with Crippen molar-refractivity contribution < 1.29 is 22.4 Å². The third-order valence-electron chi connectivity index (χ3n) is 4.56. The van der Waals surface area contributed by atoms with Crippen LogP contribution in [-0.4, -0.2) is 50.2 Å². The topological polar surface area (TPSA) is 77.0 Å². The number of amides is 1. The molecule has 1 aromatic carbocycles. The minimum atomic E-state index is -4.47. The van der Waals surface area contributed by atoms with Crippen LogP contribution < -0.4 is 5.84 Å². The first-order valence-corrected chi connectivity index (χ1v) is 9.59. The average molecular weight is 417 g/mol. The van der Waals surface area contributed by atoms with Gasteiger partial charge in [-0.15, -0.1) is 10.2 Å². The highest BCUT2D eigenvalue weighted by Gasteiger charge is 2.40. The molecule has 6 nitrogen and oxygen atoms in total. The fourth-order valence-electron chi connectivity index (χ4n) is 2.87. The molecule has 2 aromatic rings. The normalized spacial score (nSPS) is 15.5. The number of alkyl halides is 3. The van der Waals surface area contributed by atoms with E-state index in [0.717, 1.165) is 34.2 Å². The molecular weight excluding hydrogens is 398 g/mol. The molecule has 1 aliphatic carbocycles. The van der Waals surface area contributed by atoms with E-state index >= 15 is 0 Å². The fraction of sp³-hybridized carbons (Fsp3) is 0.471. The summed E-state index contributed by atoms with van der Waals surface area (Å²) in [7, 11) is 0. The van der Waals surface area contributed by atoms with Crippen molar-refractivity contribution in [2.75, 3.05) is 18.1 Å². The van der Waals surface area contributed by atoms with Crippen molar-refractivity contribution >= 4 is 17.7 Å². The van der Waals surface area contributed by atoms with Gasteiger partial charge in [-0.05, 0) is 49.9 Å². The molecule has 1 aromatic heterocycles. The van der Waals surface area contributed by atoms with Crippen molar-refractivity contribution in [3.8, 4) is 11.4 Å². The molecule has 1 heterocycles. The zero-order valence-electron chi connectivity index (χ0n) is 15.0. The summed E-state index contributed by atoms with van der Waals surface area (Å²) in [5.74, 6) is 5.01. The van der Waals surface area contributed by atoms with Gasteiger partial charge >= 0.3 is 6.18 Å². The van der Waals surface area contributed by atoms with Gasteiger partial charge in [0, 0.05) is 11.6 Å². The third kappa shape index (κ3) is 4.94. The maximum atomic E-state index is 13.0. The number of carbonyl (C=O) groups is 1. The lowest BCUT2D eigenvalue weighted by Crippen LogP contribution is -2.46. The van der Waals surface area contributed by atoms with Gasteiger partial charge in [-0.2, -0.15) is 13.2 Å². The van der Waals surface area contributed by atoms with Gasteiger partial charge in [0.1, 0.15) is 12.4 Å². The highest BCUT2D eigenvalue weighted by Crippen LogP contribution is 2.36. The van der Waals surface area contributed by atoms with Gasteiger partial charge in [0.25, 0.3) is 0 Å². The van der Waals surface area contributed by atoms with Gasteiger partial charge in [-0.3, -0.25) is 4.79 Å². The Morgan fingerprint density at radius 3 is 2.54 bits per heavy atom. The Kier molecular flexibility index (Phi) is 5.82. The van der Waals surface area contributed by atoms with Crippen LogP contribution in [0.15, 0.2) is 29.4 Å². The van der Waals surface area contributed by atoms with E-state index < -0.39 is 30.5 Å². The maximum absolute atomic E-state index is 13.0. The number of nitrogen functional groups attached to an aromatic ring is 1. The van der Waals surface area contributed by atoms with Crippen molar-refractivity contribution in [1.29, 1.82) is 0 Å². The minimum Gasteiger partial charge on any atom is -0.335 e. The van der Waals surface area contributed by atoms with Gasteiger partial charge in [0.05, 0.1) is 5.75 Å². The molecule has 1 amide bonds.